The number of carbonyl (C=O) groups excluding carboxylic acids is 1. The molecule has 1 fully saturated rings. The molecule has 124 valence electrons. The SMILES string of the molecule is CN(Cc1cccc(-c2nn[nH]n2)c1)C(=O)[C@@H]1[C@H](N)[C@H]2C=C[C@@H]1O2. The number of ether oxygens (including phenoxy) is 1. The second kappa shape index (κ2) is 5.81. The van der Waals surface area contributed by atoms with Crippen molar-refractivity contribution in [2.75, 3.05) is 7.05 Å². The first kappa shape index (κ1) is 15.0. The van der Waals surface area contributed by atoms with Gasteiger partial charge in [0.1, 0.15) is 0 Å². The van der Waals surface area contributed by atoms with Crippen LogP contribution in [0.1, 0.15) is 5.56 Å². The van der Waals surface area contributed by atoms with Crippen LogP contribution in [0.5, 0.6) is 0 Å². The normalized spacial score (nSPS) is 27.6. The Bertz CT molecular complexity index is 775. The van der Waals surface area contributed by atoms with Crippen LogP contribution in [0.15, 0.2) is 36.4 Å². The molecule has 0 unspecified atom stereocenters. The number of aromatic nitrogens is 4. The Balaban J connectivity index is 1.48. The lowest BCUT2D eigenvalue weighted by molar-refractivity contribution is -0.136. The van der Waals surface area contributed by atoms with E-state index < -0.39 is 0 Å². The monoisotopic (exact) mass is 326 g/mol. The molecule has 2 aromatic rings. The fraction of sp³-hybridized carbons (Fsp3) is 0.375. The largest absolute Gasteiger partial charge is 0.364 e. The summed E-state index contributed by atoms with van der Waals surface area (Å²) in [5.41, 5.74) is 7.97. The van der Waals surface area contributed by atoms with Gasteiger partial charge in [-0.25, -0.2) is 0 Å². The van der Waals surface area contributed by atoms with Gasteiger partial charge in [-0.2, -0.15) is 5.21 Å². The van der Waals surface area contributed by atoms with Crippen molar-refractivity contribution < 1.29 is 9.53 Å². The van der Waals surface area contributed by atoms with Crippen LogP contribution >= 0.6 is 0 Å². The van der Waals surface area contributed by atoms with Gasteiger partial charge in [0.25, 0.3) is 0 Å². The number of nitrogens with one attached hydrogen (secondary N) is 1. The van der Waals surface area contributed by atoms with Gasteiger partial charge in [-0.15, -0.1) is 10.2 Å². The molecule has 0 saturated carbocycles. The smallest absolute Gasteiger partial charge is 0.230 e. The number of benzene rings is 1. The van der Waals surface area contributed by atoms with Crippen LogP contribution in [0, 0.1) is 5.92 Å². The molecule has 1 aromatic heterocycles. The van der Waals surface area contributed by atoms with Crippen molar-refractivity contribution in [1.82, 2.24) is 25.5 Å². The third-order valence-electron chi connectivity index (χ3n) is 4.56. The van der Waals surface area contributed by atoms with Crippen LogP contribution in [-0.2, 0) is 16.1 Å². The predicted molar refractivity (Wildman–Crippen MR) is 85.4 cm³/mol. The highest BCUT2D eigenvalue weighted by atomic mass is 16.5. The van der Waals surface area contributed by atoms with E-state index in [1.165, 1.54) is 0 Å². The maximum Gasteiger partial charge on any atom is 0.230 e. The second-order valence-electron chi connectivity index (χ2n) is 6.18. The average molecular weight is 326 g/mol. The van der Waals surface area contributed by atoms with E-state index >= 15 is 0 Å². The molecule has 1 amide bonds. The van der Waals surface area contributed by atoms with Gasteiger partial charge in [-0.1, -0.05) is 30.4 Å². The van der Waals surface area contributed by atoms with Gasteiger partial charge in [0.05, 0.1) is 18.1 Å². The van der Waals surface area contributed by atoms with Crippen LogP contribution in [0.2, 0.25) is 0 Å². The first-order valence-corrected chi connectivity index (χ1v) is 7.80. The molecule has 0 radical (unpaired) electrons. The molecular weight excluding hydrogens is 308 g/mol. The molecule has 24 heavy (non-hydrogen) atoms. The third kappa shape index (κ3) is 2.49. The van der Waals surface area contributed by atoms with Crippen molar-refractivity contribution in [2.24, 2.45) is 11.7 Å². The maximum absolute atomic E-state index is 12.8. The molecule has 2 aliphatic rings. The molecular formula is C16H18N6O2. The van der Waals surface area contributed by atoms with Gasteiger partial charge < -0.3 is 15.4 Å². The van der Waals surface area contributed by atoms with Crippen LogP contribution in [0.4, 0.5) is 0 Å². The summed E-state index contributed by atoms with van der Waals surface area (Å²) in [5.74, 6) is 0.217. The number of tetrazole rings is 1. The number of aromatic amines is 1. The summed E-state index contributed by atoms with van der Waals surface area (Å²) in [6.45, 7) is 0.481. The van der Waals surface area contributed by atoms with E-state index in [1.807, 2.05) is 36.4 Å². The first-order valence-electron chi connectivity index (χ1n) is 7.80. The van der Waals surface area contributed by atoms with Gasteiger partial charge in [0, 0.05) is 25.2 Å². The quantitative estimate of drug-likeness (QED) is 0.772. The number of amides is 1. The third-order valence-corrected chi connectivity index (χ3v) is 4.56. The van der Waals surface area contributed by atoms with Gasteiger partial charge in [-0.05, 0) is 16.8 Å². The Kier molecular flexibility index (Phi) is 3.62. The van der Waals surface area contributed by atoms with Crippen LogP contribution in [-0.4, -0.2) is 56.7 Å². The van der Waals surface area contributed by atoms with Crippen molar-refractivity contribution >= 4 is 5.91 Å². The topological polar surface area (TPSA) is 110 Å². The zero-order chi connectivity index (χ0) is 16.7. The minimum atomic E-state index is -0.314. The minimum absolute atomic E-state index is 0.00399. The standard InChI is InChI=1S/C16H18N6O2/c1-22(16(23)13-11-5-6-12(24-11)14(13)17)8-9-3-2-4-10(7-9)15-18-20-21-19-15/h2-7,11-14H,8,17H2,1H3,(H,18,19,20,21)/t11-,12+,13-,14+/m0/s1. The molecule has 4 rings (SSSR count). The Morgan fingerprint density at radius 2 is 2.21 bits per heavy atom. The van der Waals surface area contributed by atoms with Crippen LogP contribution in [0.3, 0.4) is 0 Å². The van der Waals surface area contributed by atoms with Crippen molar-refractivity contribution in [2.45, 2.75) is 24.8 Å². The van der Waals surface area contributed by atoms with E-state index in [2.05, 4.69) is 20.6 Å². The lowest BCUT2D eigenvalue weighted by Crippen LogP contribution is -2.47. The van der Waals surface area contributed by atoms with Crippen molar-refractivity contribution in [3.8, 4) is 11.4 Å². The lowest BCUT2D eigenvalue weighted by Gasteiger charge is -2.26. The highest BCUT2D eigenvalue weighted by Gasteiger charge is 2.48. The fourth-order valence-corrected chi connectivity index (χ4v) is 3.34. The zero-order valence-corrected chi connectivity index (χ0v) is 13.2. The highest BCUT2D eigenvalue weighted by molar-refractivity contribution is 5.81. The molecule has 1 aromatic carbocycles. The number of hydrogen-bond acceptors (Lipinski definition) is 6. The first-order chi connectivity index (χ1) is 11.6. The number of fused-ring (bicyclic) bond motifs is 2. The molecule has 2 bridgehead atoms. The number of carbonyl (C=O) groups is 1. The van der Waals surface area contributed by atoms with Crippen LogP contribution < -0.4 is 5.73 Å². The van der Waals surface area contributed by atoms with Gasteiger partial charge in [0.15, 0.2) is 0 Å². The number of hydrogen-bond donors (Lipinski definition) is 2. The van der Waals surface area contributed by atoms with Crippen molar-refractivity contribution in [3.05, 3.63) is 42.0 Å². The van der Waals surface area contributed by atoms with E-state index in [0.29, 0.717) is 12.4 Å². The summed E-state index contributed by atoms with van der Waals surface area (Å²) >= 11 is 0. The molecule has 8 heteroatoms. The van der Waals surface area contributed by atoms with Crippen molar-refractivity contribution in [3.63, 3.8) is 0 Å². The van der Waals surface area contributed by atoms with E-state index in [9.17, 15) is 4.79 Å². The summed E-state index contributed by atoms with van der Waals surface area (Å²) in [7, 11) is 1.78. The van der Waals surface area contributed by atoms with Crippen molar-refractivity contribution in [1.29, 1.82) is 0 Å². The Labute approximate surface area is 138 Å². The average Bonchev–Trinajstić information content (AvgIpc) is 3.32. The molecule has 2 aliphatic heterocycles. The summed E-state index contributed by atoms with van der Waals surface area (Å²) in [4.78, 5) is 14.4. The number of rotatable bonds is 4. The van der Waals surface area contributed by atoms with E-state index in [-0.39, 0.29) is 30.1 Å². The zero-order valence-electron chi connectivity index (χ0n) is 13.2. The van der Waals surface area contributed by atoms with E-state index in [4.69, 9.17) is 10.5 Å². The number of nitrogens with two attached hydrogens (primary N) is 1. The molecule has 0 aliphatic carbocycles. The predicted octanol–water partition coefficient (Wildman–Crippen LogP) is 0.106. The molecule has 8 nitrogen and oxygen atoms in total. The molecule has 1 saturated heterocycles. The molecule has 0 spiro atoms. The summed E-state index contributed by atoms with van der Waals surface area (Å²) < 4.78 is 5.68. The van der Waals surface area contributed by atoms with Crippen LogP contribution in [0.25, 0.3) is 11.4 Å². The Morgan fingerprint density at radius 3 is 2.92 bits per heavy atom. The molecule has 3 heterocycles. The summed E-state index contributed by atoms with van der Waals surface area (Å²) in [5, 5.41) is 13.9. The van der Waals surface area contributed by atoms with Gasteiger partial charge in [0.2, 0.25) is 11.7 Å². The van der Waals surface area contributed by atoms with E-state index in [1.54, 1.807) is 11.9 Å². The fourth-order valence-electron chi connectivity index (χ4n) is 3.34. The van der Waals surface area contributed by atoms with Gasteiger partial charge in [-0.3, -0.25) is 4.79 Å². The maximum atomic E-state index is 12.8. The number of H-pyrrole nitrogens is 1. The summed E-state index contributed by atoms with van der Waals surface area (Å²) in [6, 6.07) is 7.45. The Morgan fingerprint density at radius 1 is 1.38 bits per heavy atom. The molecule has 4 atom stereocenters. The lowest BCUT2D eigenvalue weighted by atomic mass is 9.88. The van der Waals surface area contributed by atoms with Gasteiger partial charge >= 0.3 is 0 Å². The van der Waals surface area contributed by atoms with E-state index in [0.717, 1.165) is 11.1 Å². The molecule has 3 N–H and O–H groups in total. The Hall–Kier alpha value is -2.58. The highest BCUT2D eigenvalue weighted by Crippen LogP contribution is 2.34. The summed E-state index contributed by atoms with van der Waals surface area (Å²) in [6.07, 6.45) is 3.53. The second-order valence-corrected chi connectivity index (χ2v) is 6.18. The minimum Gasteiger partial charge on any atom is -0.364 e. The number of nitrogens with zero attached hydrogens (tertiary/aromatic N) is 4.